The highest BCUT2D eigenvalue weighted by Gasteiger charge is 2.25. The first-order valence-corrected chi connectivity index (χ1v) is 41.5. The molecule has 0 spiro atoms. The lowest BCUT2D eigenvalue weighted by atomic mass is 9.99. The summed E-state index contributed by atoms with van der Waals surface area (Å²) in [5.74, 6) is -3.46. The number of halogens is 6. The number of hydrogen-bond donors (Lipinski definition) is 0. The Hall–Kier alpha value is -14.0. The monoisotopic (exact) mass is 1730 g/mol. The van der Waals surface area contributed by atoms with Crippen molar-refractivity contribution < 1.29 is 69.4 Å². The summed E-state index contributed by atoms with van der Waals surface area (Å²) in [4.78, 5) is 136. The Labute approximate surface area is 735 Å². The average Bonchev–Trinajstić information content (AvgIpc) is 0.808. The highest BCUT2D eigenvalue weighted by molar-refractivity contribution is 5.99. The SMILES string of the molecule is CCC(=O)N(C)c1ccc(-c2ccc(C(=O)CCc3ccc(C)nc3C)nc2)c(C)c1F.CCC(=O)N(C)c1ccc(-c2ccc(C(=O)CCc3ccc(F)nc3)nc2)c(C)c1F.CCC(=O)N(C)c1ccc(-c2ccc(C(=O)CCc3ccc(F)nc3C)nc2)c(C)c1F.CCC(=O)N(C)c1ccc(-c2ccc(C(=O)CCc3ccc(OC)nc3)nc2)c(C)c1F. The van der Waals surface area contributed by atoms with E-state index >= 15 is 0 Å². The van der Waals surface area contributed by atoms with E-state index in [1.165, 1.54) is 44.1 Å². The number of carbonyl (C=O) groups excluding carboxylic acids is 8. The second-order valence-corrected chi connectivity index (χ2v) is 30.2. The van der Waals surface area contributed by atoms with Crippen LogP contribution in [0.2, 0.25) is 0 Å². The second-order valence-electron chi connectivity index (χ2n) is 30.2. The van der Waals surface area contributed by atoms with Gasteiger partial charge in [0.1, 0.15) is 46.0 Å². The van der Waals surface area contributed by atoms with Crippen LogP contribution in [0, 0.1) is 83.6 Å². The van der Waals surface area contributed by atoms with Crippen molar-refractivity contribution >= 4 is 69.5 Å². The van der Waals surface area contributed by atoms with Crippen molar-refractivity contribution in [3.05, 3.63) is 302 Å². The van der Waals surface area contributed by atoms with E-state index in [9.17, 15) is 64.7 Å². The second kappa shape index (κ2) is 45.1. The van der Waals surface area contributed by atoms with E-state index in [0.29, 0.717) is 152 Å². The van der Waals surface area contributed by atoms with Crippen molar-refractivity contribution in [2.24, 2.45) is 0 Å². The van der Waals surface area contributed by atoms with E-state index in [2.05, 4.69) is 39.9 Å². The number of benzene rings is 4. The molecule has 0 saturated carbocycles. The zero-order chi connectivity index (χ0) is 92.6. The number of aryl methyl sites for hydroxylation is 7. The molecule has 27 heteroatoms. The molecule has 8 heterocycles. The molecule has 0 saturated heterocycles. The van der Waals surface area contributed by atoms with Crippen molar-refractivity contribution in [3.63, 3.8) is 0 Å². The molecule has 0 bridgehead atoms. The summed E-state index contributed by atoms with van der Waals surface area (Å²) in [7, 11) is 7.78. The summed E-state index contributed by atoms with van der Waals surface area (Å²) in [5, 5.41) is 0. The Morgan fingerprint density at radius 3 is 0.858 bits per heavy atom. The van der Waals surface area contributed by atoms with E-state index in [4.69, 9.17) is 4.74 Å². The van der Waals surface area contributed by atoms with Gasteiger partial charge in [0, 0.05) is 162 Å². The minimum atomic E-state index is -0.560. The predicted octanol–water partition coefficient (Wildman–Crippen LogP) is 20.3. The van der Waals surface area contributed by atoms with Gasteiger partial charge in [0.25, 0.3) is 0 Å². The van der Waals surface area contributed by atoms with Crippen LogP contribution in [0.5, 0.6) is 5.88 Å². The van der Waals surface area contributed by atoms with Crippen LogP contribution in [0.4, 0.5) is 49.1 Å². The third-order valence-electron chi connectivity index (χ3n) is 21.9. The maximum absolute atomic E-state index is 14.9. The maximum Gasteiger partial charge on any atom is 0.226 e. The van der Waals surface area contributed by atoms with E-state index in [0.717, 1.165) is 33.6 Å². The first-order chi connectivity index (χ1) is 60.6. The Morgan fingerprint density at radius 1 is 0.307 bits per heavy atom. The molecule has 0 aliphatic rings. The largest absolute Gasteiger partial charge is 0.481 e. The molecule has 4 amide bonds. The highest BCUT2D eigenvalue weighted by atomic mass is 19.1. The van der Waals surface area contributed by atoms with Gasteiger partial charge < -0.3 is 24.3 Å². The number of nitrogens with zero attached hydrogens (tertiary/aromatic N) is 12. The van der Waals surface area contributed by atoms with Crippen LogP contribution < -0.4 is 24.3 Å². The number of pyridine rings is 8. The molecule has 0 fully saturated rings. The van der Waals surface area contributed by atoms with Crippen molar-refractivity contribution in [2.45, 2.75) is 153 Å². The van der Waals surface area contributed by atoms with E-state index in [-0.39, 0.29) is 95.2 Å². The van der Waals surface area contributed by atoms with Gasteiger partial charge in [0.15, 0.2) is 23.1 Å². The third kappa shape index (κ3) is 24.8. The smallest absolute Gasteiger partial charge is 0.226 e. The van der Waals surface area contributed by atoms with Crippen LogP contribution in [-0.2, 0) is 44.9 Å². The predicted molar refractivity (Wildman–Crippen MR) is 481 cm³/mol. The van der Waals surface area contributed by atoms with Crippen LogP contribution in [0.15, 0.2) is 183 Å². The number of ketones is 4. The van der Waals surface area contributed by atoms with Gasteiger partial charge in [0.05, 0.1) is 29.9 Å². The summed E-state index contributed by atoms with van der Waals surface area (Å²) in [6.07, 6.45) is 13.6. The van der Waals surface area contributed by atoms with Crippen molar-refractivity contribution in [1.29, 1.82) is 0 Å². The fraction of sp³-hybridized carbons (Fsp3) is 0.280. The number of anilines is 4. The van der Waals surface area contributed by atoms with Crippen molar-refractivity contribution in [3.8, 4) is 50.4 Å². The number of rotatable bonds is 29. The first kappa shape index (κ1) is 96.8. The normalized spacial score (nSPS) is 10.8. The lowest BCUT2D eigenvalue weighted by Crippen LogP contribution is -2.26. The number of Topliss-reactive ketones (excluding diaryl/α,β-unsaturated/α-hetero) is 4. The molecule has 0 aliphatic heterocycles. The first-order valence-electron chi connectivity index (χ1n) is 41.5. The number of carbonyl (C=O) groups is 8. The van der Waals surface area contributed by atoms with Gasteiger partial charge in [-0.15, -0.1) is 0 Å². The molecule has 21 nitrogen and oxygen atoms in total. The molecule has 4 aromatic carbocycles. The van der Waals surface area contributed by atoms with Crippen LogP contribution in [0.25, 0.3) is 44.5 Å². The van der Waals surface area contributed by atoms with Gasteiger partial charge in [0.2, 0.25) is 41.4 Å². The van der Waals surface area contributed by atoms with Gasteiger partial charge >= 0.3 is 0 Å². The summed E-state index contributed by atoms with van der Waals surface area (Å²) in [6, 6.07) is 40.3. The fourth-order valence-corrected chi connectivity index (χ4v) is 13.9. The minimum absolute atomic E-state index is 0.0468. The molecular weight excluding hydrogens is 1630 g/mol. The third-order valence-corrected chi connectivity index (χ3v) is 21.9. The molecule has 0 N–H and O–H groups in total. The fourth-order valence-electron chi connectivity index (χ4n) is 13.9. The summed E-state index contributed by atoms with van der Waals surface area (Å²) in [5.41, 5.74) is 15.4. The molecule has 12 rings (SSSR count). The summed E-state index contributed by atoms with van der Waals surface area (Å²) in [6.45, 7) is 19.2. The molecule has 0 aliphatic carbocycles. The molecule has 0 unspecified atom stereocenters. The average molecular weight is 1730 g/mol. The number of methoxy groups -OCH3 is 1. The molecule has 127 heavy (non-hydrogen) atoms. The number of amides is 4. The van der Waals surface area contributed by atoms with Crippen LogP contribution >= 0.6 is 0 Å². The zero-order valence-corrected chi connectivity index (χ0v) is 74.1. The molecule has 0 atom stereocenters. The Bertz CT molecular complexity index is 5800. The molecule has 658 valence electrons. The lowest BCUT2D eigenvalue weighted by Gasteiger charge is -2.19. The number of hydrogen-bond acceptors (Lipinski definition) is 17. The Kier molecular flexibility index (Phi) is 34.4. The standard InChI is InChI=1S/C26H28FN3O2.C25H25F2N3O2.C25H26FN3O3.C24H23F2N3O2/c1-6-25(32)30(5)23-13-11-21(17(3)26(23)27)20-9-12-22(28-15-20)24(31)14-10-19-8-7-16(2)29-18(19)4;1-5-24(32)30(4)21-11-9-19(15(2)25(21)27)18-6-10-20(28-14-18)22(31)12-7-17-8-13-23(26)29-16(17)3;1-5-24(31)29(3)21-11-9-19(16(2)25(21)26)18-8-10-20(27-15-18)22(30)12-6-17-7-13-23(32-4)28-14-17;1-4-23(31)29(3)20-10-8-18(15(2)24(20)26)17-7-9-19(27-14-17)21(30)11-5-16-6-12-22(25)28-13-16/h7-9,11-13,15H,6,10,14H2,1-5H3;6,8-11,13-14H,5,7,12H2,1-4H3;7-11,13-15H,5-6,12H2,1-4H3;6-10,12-14H,4-5,11H2,1-3H3. The van der Waals surface area contributed by atoms with Crippen LogP contribution in [0.3, 0.4) is 0 Å². The minimum Gasteiger partial charge on any atom is -0.481 e. The van der Waals surface area contributed by atoms with E-state index < -0.39 is 35.2 Å². The molecule has 12 aromatic rings. The Balaban J connectivity index is 0.000000191. The topological polar surface area (TPSA) is 262 Å². The highest BCUT2D eigenvalue weighted by Crippen LogP contribution is 2.36. The zero-order valence-electron chi connectivity index (χ0n) is 74.1. The van der Waals surface area contributed by atoms with Crippen LogP contribution in [-0.4, -0.2) is 122 Å². The van der Waals surface area contributed by atoms with E-state index in [1.54, 1.807) is 238 Å². The van der Waals surface area contributed by atoms with E-state index in [1.807, 2.05) is 32.0 Å². The number of ether oxygens (including phenoxy) is 1. The summed E-state index contributed by atoms with van der Waals surface area (Å²) >= 11 is 0. The van der Waals surface area contributed by atoms with Gasteiger partial charge in [-0.05, 0) is 208 Å². The van der Waals surface area contributed by atoms with Gasteiger partial charge in [-0.1, -0.05) is 100 Å². The lowest BCUT2D eigenvalue weighted by molar-refractivity contribution is -0.118. The van der Waals surface area contributed by atoms with Crippen molar-refractivity contribution in [1.82, 2.24) is 39.9 Å². The van der Waals surface area contributed by atoms with Gasteiger partial charge in [-0.2, -0.15) is 8.78 Å². The van der Waals surface area contributed by atoms with Gasteiger partial charge in [-0.25, -0.2) is 32.5 Å². The maximum atomic E-state index is 14.9. The van der Waals surface area contributed by atoms with Crippen molar-refractivity contribution in [2.75, 3.05) is 54.9 Å². The molecule has 8 aromatic heterocycles. The van der Waals surface area contributed by atoms with Gasteiger partial charge in [-0.3, -0.25) is 63.3 Å². The quantitative estimate of drug-likeness (QED) is 0.0240. The number of aromatic nitrogens is 8. The molecule has 0 radical (unpaired) electrons. The molecular formula is C100H102F6N12O9. The van der Waals surface area contributed by atoms with Crippen LogP contribution in [0.1, 0.15) is 183 Å². The Morgan fingerprint density at radius 2 is 0.598 bits per heavy atom. The summed E-state index contributed by atoms with van der Waals surface area (Å²) < 4.78 is 90.7.